The molecule has 0 aliphatic rings. The van der Waals surface area contributed by atoms with Crippen LogP contribution in [0.1, 0.15) is 5.82 Å². The second-order valence-electron chi connectivity index (χ2n) is 5.22. The van der Waals surface area contributed by atoms with Gasteiger partial charge < -0.3 is 9.72 Å². The minimum atomic E-state index is -4.41. The van der Waals surface area contributed by atoms with Crippen molar-refractivity contribution in [2.24, 2.45) is 0 Å². The normalized spacial score (nSPS) is 11.8. The van der Waals surface area contributed by atoms with Crippen molar-refractivity contribution in [3.8, 4) is 11.1 Å². The van der Waals surface area contributed by atoms with Crippen molar-refractivity contribution in [3.05, 3.63) is 64.7 Å². The van der Waals surface area contributed by atoms with Gasteiger partial charge in [-0.05, 0) is 23.3 Å². The molecule has 3 rings (SSSR count). The quantitative estimate of drug-likeness (QED) is 0.792. The zero-order valence-electron chi connectivity index (χ0n) is 12.4. The first-order valence-corrected chi connectivity index (χ1v) is 7.15. The number of halogens is 3. The molecule has 0 bridgehead atoms. The highest BCUT2D eigenvalue weighted by Gasteiger charge is 2.27. The van der Waals surface area contributed by atoms with Gasteiger partial charge in [-0.1, -0.05) is 36.4 Å². The van der Waals surface area contributed by atoms with E-state index in [-0.39, 0.29) is 5.82 Å². The van der Waals surface area contributed by atoms with Crippen molar-refractivity contribution in [1.29, 1.82) is 0 Å². The number of aromatic nitrogens is 2. The number of nitrogens with zero attached hydrogens (tertiary/aromatic N) is 1. The number of alkyl halides is 3. The van der Waals surface area contributed by atoms with Crippen LogP contribution in [0.15, 0.2) is 53.3 Å². The van der Waals surface area contributed by atoms with Crippen LogP contribution in [0, 0.1) is 0 Å². The number of benzene rings is 2. The van der Waals surface area contributed by atoms with E-state index in [1.54, 1.807) is 12.1 Å². The standard InChI is InChI=1S/C17H13F3N2O2/c18-17(19,20)10-24-9-15-21-14-7-6-12(8-13(14)16(23)22-15)11-4-2-1-3-5-11/h1-8H,9-10H2,(H,21,22,23). The summed E-state index contributed by atoms with van der Waals surface area (Å²) in [5.74, 6) is 0.0595. The van der Waals surface area contributed by atoms with E-state index in [1.807, 2.05) is 36.4 Å². The molecule has 0 fully saturated rings. The number of aromatic amines is 1. The maximum absolute atomic E-state index is 12.2. The second-order valence-corrected chi connectivity index (χ2v) is 5.22. The van der Waals surface area contributed by atoms with E-state index >= 15 is 0 Å². The Hall–Kier alpha value is -2.67. The van der Waals surface area contributed by atoms with Crippen molar-refractivity contribution in [2.75, 3.05) is 6.61 Å². The number of rotatable bonds is 4. The van der Waals surface area contributed by atoms with Crippen LogP contribution in [0.25, 0.3) is 22.0 Å². The Balaban J connectivity index is 1.89. The summed E-state index contributed by atoms with van der Waals surface area (Å²) in [4.78, 5) is 18.8. The van der Waals surface area contributed by atoms with Crippen molar-refractivity contribution >= 4 is 10.9 Å². The third-order valence-corrected chi connectivity index (χ3v) is 3.37. The number of fused-ring (bicyclic) bond motifs is 1. The zero-order valence-corrected chi connectivity index (χ0v) is 12.4. The molecular formula is C17H13F3N2O2. The van der Waals surface area contributed by atoms with Crippen molar-refractivity contribution in [2.45, 2.75) is 12.8 Å². The lowest BCUT2D eigenvalue weighted by atomic mass is 10.0. The fraction of sp³-hybridized carbons (Fsp3) is 0.176. The van der Waals surface area contributed by atoms with Crippen molar-refractivity contribution < 1.29 is 17.9 Å². The van der Waals surface area contributed by atoms with E-state index in [9.17, 15) is 18.0 Å². The molecular weight excluding hydrogens is 321 g/mol. The summed E-state index contributed by atoms with van der Waals surface area (Å²) in [6.45, 7) is -1.80. The Kier molecular flexibility index (Phi) is 4.35. The molecule has 0 radical (unpaired) electrons. The van der Waals surface area contributed by atoms with Gasteiger partial charge in [0.1, 0.15) is 19.0 Å². The summed E-state index contributed by atoms with van der Waals surface area (Å²) in [5.41, 5.74) is 1.81. The molecule has 124 valence electrons. The fourth-order valence-electron chi connectivity index (χ4n) is 2.33. The molecule has 0 atom stereocenters. The molecule has 0 amide bonds. The molecule has 0 unspecified atom stereocenters. The van der Waals surface area contributed by atoms with Gasteiger partial charge in [-0.3, -0.25) is 4.79 Å². The Morgan fingerprint density at radius 1 is 1.04 bits per heavy atom. The summed E-state index contributed by atoms with van der Waals surface area (Å²) in [6.07, 6.45) is -4.41. The molecule has 0 spiro atoms. The Morgan fingerprint density at radius 2 is 1.79 bits per heavy atom. The van der Waals surface area contributed by atoms with Gasteiger partial charge >= 0.3 is 6.18 Å². The van der Waals surface area contributed by atoms with Crippen LogP contribution in [0.2, 0.25) is 0 Å². The van der Waals surface area contributed by atoms with E-state index in [0.717, 1.165) is 11.1 Å². The van der Waals surface area contributed by atoms with E-state index in [2.05, 4.69) is 14.7 Å². The van der Waals surface area contributed by atoms with Crippen LogP contribution in [0.3, 0.4) is 0 Å². The van der Waals surface area contributed by atoms with E-state index < -0.39 is 24.9 Å². The summed E-state index contributed by atoms with van der Waals surface area (Å²) in [7, 11) is 0. The van der Waals surface area contributed by atoms with Gasteiger partial charge in [-0.2, -0.15) is 13.2 Å². The number of nitrogens with one attached hydrogen (secondary N) is 1. The number of hydrogen-bond acceptors (Lipinski definition) is 3. The molecule has 24 heavy (non-hydrogen) atoms. The summed E-state index contributed by atoms with van der Waals surface area (Å²) < 4.78 is 40.8. The lowest BCUT2D eigenvalue weighted by Gasteiger charge is -2.08. The average Bonchev–Trinajstić information content (AvgIpc) is 2.54. The number of hydrogen-bond donors (Lipinski definition) is 1. The third kappa shape index (κ3) is 3.80. The molecule has 0 aliphatic carbocycles. The molecule has 3 aromatic rings. The summed E-state index contributed by atoms with van der Waals surface area (Å²) >= 11 is 0. The van der Waals surface area contributed by atoms with Crippen molar-refractivity contribution in [1.82, 2.24) is 9.97 Å². The van der Waals surface area contributed by atoms with Gasteiger partial charge in [-0.15, -0.1) is 0 Å². The monoisotopic (exact) mass is 334 g/mol. The molecule has 2 aromatic carbocycles. The van der Waals surface area contributed by atoms with E-state index in [0.29, 0.717) is 10.9 Å². The lowest BCUT2D eigenvalue weighted by molar-refractivity contribution is -0.177. The van der Waals surface area contributed by atoms with Crippen LogP contribution in [0.4, 0.5) is 13.2 Å². The first-order chi connectivity index (χ1) is 11.4. The molecule has 7 heteroatoms. The van der Waals surface area contributed by atoms with Gasteiger partial charge in [0.15, 0.2) is 0 Å². The first-order valence-electron chi connectivity index (χ1n) is 7.15. The predicted molar refractivity (Wildman–Crippen MR) is 83.5 cm³/mol. The van der Waals surface area contributed by atoms with Gasteiger partial charge in [0.25, 0.3) is 5.56 Å². The van der Waals surface area contributed by atoms with Crippen LogP contribution >= 0.6 is 0 Å². The molecule has 0 aliphatic heterocycles. The fourth-order valence-corrected chi connectivity index (χ4v) is 2.33. The highest BCUT2D eigenvalue weighted by molar-refractivity contribution is 5.83. The maximum Gasteiger partial charge on any atom is 0.411 e. The molecule has 1 heterocycles. The largest absolute Gasteiger partial charge is 0.411 e. The van der Waals surface area contributed by atoms with Crippen LogP contribution in [-0.2, 0) is 11.3 Å². The minimum absolute atomic E-state index is 0.0595. The van der Waals surface area contributed by atoms with Gasteiger partial charge in [-0.25, -0.2) is 4.98 Å². The van der Waals surface area contributed by atoms with Crippen LogP contribution in [0.5, 0.6) is 0 Å². The van der Waals surface area contributed by atoms with Crippen LogP contribution < -0.4 is 5.56 Å². The predicted octanol–water partition coefficient (Wildman–Crippen LogP) is 3.67. The van der Waals surface area contributed by atoms with E-state index in [4.69, 9.17) is 0 Å². The molecule has 1 N–H and O–H groups in total. The molecule has 4 nitrogen and oxygen atoms in total. The maximum atomic E-state index is 12.2. The number of ether oxygens (including phenoxy) is 1. The highest BCUT2D eigenvalue weighted by atomic mass is 19.4. The topological polar surface area (TPSA) is 55.0 Å². The summed E-state index contributed by atoms with van der Waals surface area (Å²) in [5, 5.41) is 0.371. The smallest absolute Gasteiger partial charge is 0.364 e. The zero-order chi connectivity index (χ0) is 17.2. The van der Waals surface area contributed by atoms with Crippen molar-refractivity contribution in [3.63, 3.8) is 0 Å². The third-order valence-electron chi connectivity index (χ3n) is 3.37. The Morgan fingerprint density at radius 3 is 2.50 bits per heavy atom. The minimum Gasteiger partial charge on any atom is -0.364 e. The molecule has 1 aromatic heterocycles. The van der Waals surface area contributed by atoms with Gasteiger partial charge in [0.2, 0.25) is 0 Å². The van der Waals surface area contributed by atoms with Gasteiger partial charge in [0.05, 0.1) is 10.9 Å². The SMILES string of the molecule is O=c1[nH]c(COCC(F)(F)F)nc2ccc(-c3ccccc3)cc12. The Labute approximate surface area is 134 Å². The second kappa shape index (κ2) is 6.45. The number of H-pyrrole nitrogens is 1. The summed E-state index contributed by atoms with van der Waals surface area (Å²) in [6, 6.07) is 14.7. The van der Waals surface area contributed by atoms with Gasteiger partial charge in [0, 0.05) is 0 Å². The lowest BCUT2D eigenvalue weighted by Crippen LogP contribution is -2.19. The van der Waals surface area contributed by atoms with Crippen LogP contribution in [-0.4, -0.2) is 22.8 Å². The Bertz CT molecular complexity index is 905. The molecule has 0 saturated carbocycles. The highest BCUT2D eigenvalue weighted by Crippen LogP contribution is 2.22. The first kappa shape index (κ1) is 16.2. The van der Waals surface area contributed by atoms with E-state index in [1.165, 1.54) is 0 Å². The molecule has 0 saturated heterocycles. The average molecular weight is 334 g/mol.